The third kappa shape index (κ3) is 3.45. The Balaban J connectivity index is 1.44. The number of carbonyl (C=O) groups is 1. The maximum atomic E-state index is 12.1. The minimum absolute atomic E-state index is 0.00844. The Morgan fingerprint density at radius 2 is 1.64 bits per heavy atom. The molecule has 0 spiro atoms. The molecular formula is C32H49NO6. The first kappa shape index (κ1) is 27.7. The van der Waals surface area contributed by atoms with Gasteiger partial charge >= 0.3 is 5.97 Å². The average Bonchev–Trinajstić information content (AvgIpc) is 3.38. The highest BCUT2D eigenvalue weighted by molar-refractivity contribution is 5.87. The third-order valence-corrected chi connectivity index (χ3v) is 13.3. The first-order valence-electron chi connectivity index (χ1n) is 15.2. The lowest BCUT2D eigenvalue weighted by molar-refractivity contribution is -0.260. The van der Waals surface area contributed by atoms with Gasteiger partial charge in [0.2, 0.25) is 0 Å². The van der Waals surface area contributed by atoms with Crippen LogP contribution in [0.25, 0.3) is 0 Å². The lowest BCUT2D eigenvalue weighted by atomic mass is 9.34. The number of ether oxygens (including phenoxy) is 1. The number of carboxylic acids is 1. The monoisotopic (exact) mass is 543 g/mol. The van der Waals surface area contributed by atoms with Crippen molar-refractivity contribution < 1.29 is 29.4 Å². The summed E-state index contributed by atoms with van der Waals surface area (Å²) in [7, 11) is 0. The van der Waals surface area contributed by atoms with E-state index in [4.69, 9.17) is 9.26 Å². The molecule has 10 atom stereocenters. The van der Waals surface area contributed by atoms with Gasteiger partial charge in [-0.1, -0.05) is 39.8 Å². The van der Waals surface area contributed by atoms with Gasteiger partial charge in [0.1, 0.15) is 5.76 Å². The van der Waals surface area contributed by atoms with E-state index in [0.29, 0.717) is 30.6 Å². The summed E-state index contributed by atoms with van der Waals surface area (Å²) in [6.07, 6.45) is 6.03. The number of rotatable bonds is 2. The van der Waals surface area contributed by atoms with E-state index in [1.165, 1.54) is 0 Å². The van der Waals surface area contributed by atoms with Gasteiger partial charge in [0, 0.05) is 16.9 Å². The van der Waals surface area contributed by atoms with Crippen molar-refractivity contribution in [2.24, 2.45) is 39.9 Å². The molecule has 1 aliphatic heterocycles. The van der Waals surface area contributed by atoms with Crippen LogP contribution in [-0.2, 0) is 16.6 Å². The first-order valence-corrected chi connectivity index (χ1v) is 15.2. The van der Waals surface area contributed by atoms with Crippen molar-refractivity contribution >= 4 is 5.97 Å². The van der Waals surface area contributed by atoms with Gasteiger partial charge < -0.3 is 24.6 Å². The molecule has 0 bridgehead atoms. The van der Waals surface area contributed by atoms with Gasteiger partial charge in [-0.3, -0.25) is 0 Å². The molecule has 7 heteroatoms. The van der Waals surface area contributed by atoms with Crippen LogP contribution >= 0.6 is 0 Å². The molecule has 39 heavy (non-hydrogen) atoms. The van der Waals surface area contributed by atoms with Crippen molar-refractivity contribution in [3.63, 3.8) is 0 Å². The number of aromatic nitrogens is 1. The summed E-state index contributed by atoms with van der Waals surface area (Å²) in [6.45, 7) is 17.8. The van der Waals surface area contributed by atoms with Crippen molar-refractivity contribution in [1.82, 2.24) is 5.16 Å². The maximum Gasteiger partial charge on any atom is 0.358 e. The minimum Gasteiger partial charge on any atom is -0.476 e. The third-order valence-electron chi connectivity index (χ3n) is 13.3. The molecule has 0 radical (unpaired) electrons. The SMILES string of the molecule is CC1(C)CCC[C@](C)([C@H]2CC[C@]3(C)[C@@H]2[C@H](O)C[C@@H]2[C@@]4(C)Cc5c(C(=O)O)noc5C(C)(C)[C@@H]4[C@H](O)C[C@]23C)O1. The number of fused-ring (bicyclic) bond motifs is 6. The van der Waals surface area contributed by atoms with E-state index in [1.54, 1.807) is 0 Å². The van der Waals surface area contributed by atoms with E-state index in [2.05, 4.69) is 60.5 Å². The normalized spacial score (nSPS) is 49.9. The van der Waals surface area contributed by atoms with Crippen LogP contribution in [0.15, 0.2) is 4.52 Å². The summed E-state index contributed by atoms with van der Waals surface area (Å²) < 4.78 is 12.5. The number of hydrogen-bond donors (Lipinski definition) is 3. The zero-order chi connectivity index (χ0) is 28.6. The minimum atomic E-state index is -1.07. The van der Waals surface area contributed by atoms with Crippen molar-refractivity contribution in [3.8, 4) is 0 Å². The zero-order valence-electron chi connectivity index (χ0n) is 25.1. The second-order valence-electron chi connectivity index (χ2n) is 16.2. The van der Waals surface area contributed by atoms with Gasteiger partial charge in [0.05, 0.1) is 23.4 Å². The van der Waals surface area contributed by atoms with Crippen molar-refractivity contribution in [3.05, 3.63) is 17.0 Å². The molecule has 1 aromatic heterocycles. The van der Waals surface area contributed by atoms with Gasteiger partial charge in [-0.05, 0) is 106 Å². The molecule has 218 valence electrons. The lowest BCUT2D eigenvalue weighted by Gasteiger charge is -2.70. The summed E-state index contributed by atoms with van der Waals surface area (Å²) in [5, 5.41) is 38.0. The maximum absolute atomic E-state index is 12.1. The van der Waals surface area contributed by atoms with Gasteiger partial charge in [0.25, 0.3) is 0 Å². The fraction of sp³-hybridized carbons (Fsp3) is 0.875. The second-order valence-corrected chi connectivity index (χ2v) is 16.2. The lowest BCUT2D eigenvalue weighted by Crippen LogP contribution is -2.69. The van der Waals surface area contributed by atoms with E-state index < -0.39 is 29.0 Å². The number of nitrogens with zero attached hydrogens (tertiary/aromatic N) is 1. The molecule has 1 aromatic rings. The molecule has 2 heterocycles. The smallest absolute Gasteiger partial charge is 0.358 e. The van der Waals surface area contributed by atoms with Crippen LogP contribution in [0.5, 0.6) is 0 Å². The Bertz CT molecular complexity index is 1190. The van der Waals surface area contributed by atoms with Crippen LogP contribution in [0.4, 0.5) is 0 Å². The van der Waals surface area contributed by atoms with Gasteiger partial charge in [0.15, 0.2) is 5.69 Å². The fourth-order valence-electron chi connectivity index (χ4n) is 12.0. The molecule has 0 unspecified atom stereocenters. The largest absolute Gasteiger partial charge is 0.476 e. The van der Waals surface area contributed by atoms with Crippen LogP contribution in [0.1, 0.15) is 122 Å². The number of hydrogen-bond acceptors (Lipinski definition) is 6. The Kier molecular flexibility index (Phi) is 5.75. The van der Waals surface area contributed by atoms with Gasteiger partial charge in [-0.25, -0.2) is 4.79 Å². The number of carboxylic acid groups (broad SMARTS) is 1. The number of aromatic carboxylic acids is 1. The zero-order valence-corrected chi connectivity index (χ0v) is 25.1. The molecule has 6 rings (SSSR count). The predicted octanol–water partition coefficient (Wildman–Crippen LogP) is 5.75. The predicted molar refractivity (Wildman–Crippen MR) is 146 cm³/mol. The summed E-state index contributed by atoms with van der Waals surface area (Å²) in [5.41, 5.74) is -1.16. The molecule has 7 nitrogen and oxygen atoms in total. The highest BCUT2D eigenvalue weighted by Crippen LogP contribution is 2.75. The molecular weight excluding hydrogens is 494 g/mol. The molecule has 0 aromatic carbocycles. The quantitative estimate of drug-likeness (QED) is 0.435. The average molecular weight is 544 g/mol. The highest BCUT2D eigenvalue weighted by atomic mass is 16.5. The fourth-order valence-corrected chi connectivity index (χ4v) is 12.0. The van der Waals surface area contributed by atoms with Gasteiger partial charge in [-0.15, -0.1) is 0 Å². The first-order chi connectivity index (χ1) is 17.9. The van der Waals surface area contributed by atoms with Crippen LogP contribution in [0, 0.1) is 39.9 Å². The standard InChI is InChI=1S/C32H49NO6/c1-27(2)11-9-12-32(8,39-27)18-10-13-30(6)22(18)19(34)14-21-29(5)15-17-23(26(36)37)33-38-25(17)28(3,4)24(29)20(35)16-31(21,30)7/h18-22,24,34-35H,9-16H2,1-8H3,(H,36,37)/t18-,19+,20+,21+,22-,24-,29+,30+,31+,32+/m0/s1. The second kappa shape index (κ2) is 8.10. The highest BCUT2D eigenvalue weighted by Gasteiger charge is 2.73. The summed E-state index contributed by atoms with van der Waals surface area (Å²) in [4.78, 5) is 12.1. The van der Waals surface area contributed by atoms with E-state index in [0.717, 1.165) is 32.1 Å². The summed E-state index contributed by atoms with van der Waals surface area (Å²) in [5.74, 6) is -0.124. The molecule has 4 aliphatic carbocycles. The molecule has 1 saturated heterocycles. The van der Waals surface area contributed by atoms with Gasteiger partial charge in [-0.2, -0.15) is 0 Å². The van der Waals surface area contributed by atoms with E-state index in [-0.39, 0.29) is 51.4 Å². The topological polar surface area (TPSA) is 113 Å². The van der Waals surface area contributed by atoms with E-state index >= 15 is 0 Å². The molecule has 3 N–H and O–H groups in total. The molecule has 4 fully saturated rings. The Morgan fingerprint density at radius 3 is 2.28 bits per heavy atom. The molecule has 3 saturated carbocycles. The van der Waals surface area contributed by atoms with Crippen molar-refractivity contribution in [2.75, 3.05) is 0 Å². The van der Waals surface area contributed by atoms with E-state index in [1.807, 2.05) is 0 Å². The van der Waals surface area contributed by atoms with E-state index in [9.17, 15) is 20.1 Å². The van der Waals surface area contributed by atoms with Crippen LogP contribution < -0.4 is 0 Å². The van der Waals surface area contributed by atoms with Crippen LogP contribution in [0.3, 0.4) is 0 Å². The molecule has 5 aliphatic rings. The Labute approximate surface area is 233 Å². The van der Waals surface area contributed by atoms with Crippen molar-refractivity contribution in [1.29, 1.82) is 0 Å². The Hall–Kier alpha value is -1.44. The van der Waals surface area contributed by atoms with Crippen LogP contribution in [-0.4, -0.2) is 49.9 Å². The Morgan fingerprint density at radius 1 is 0.949 bits per heavy atom. The summed E-state index contributed by atoms with van der Waals surface area (Å²) >= 11 is 0. The summed E-state index contributed by atoms with van der Waals surface area (Å²) in [6, 6.07) is 0. The number of aliphatic hydroxyl groups excluding tert-OH is 2. The molecule has 0 amide bonds. The van der Waals surface area contributed by atoms with Crippen molar-refractivity contribution in [2.45, 2.75) is 136 Å². The number of aliphatic hydroxyl groups is 2. The van der Waals surface area contributed by atoms with Crippen LogP contribution in [0.2, 0.25) is 0 Å².